The van der Waals surface area contributed by atoms with E-state index in [1.54, 1.807) is 42.3 Å². The summed E-state index contributed by atoms with van der Waals surface area (Å²) in [6.07, 6.45) is 3.33. The molecule has 0 fully saturated rings. The number of hydrogen-bond acceptors (Lipinski definition) is 4. The highest BCUT2D eigenvalue weighted by molar-refractivity contribution is 6.05. The summed E-state index contributed by atoms with van der Waals surface area (Å²) >= 11 is 0. The average molecular weight is 288 g/mol. The smallest absolute Gasteiger partial charge is 0.257 e. The first-order valence-corrected chi connectivity index (χ1v) is 6.33. The van der Waals surface area contributed by atoms with Gasteiger partial charge in [-0.1, -0.05) is 6.07 Å². The lowest BCUT2D eigenvalue weighted by Crippen LogP contribution is -2.18. The summed E-state index contributed by atoms with van der Waals surface area (Å²) in [5.41, 5.74) is 5.82. The average Bonchev–Trinajstić information content (AvgIpc) is 2.92. The van der Waals surface area contributed by atoms with Crippen LogP contribution in [0.5, 0.6) is 0 Å². The quantitative estimate of drug-likeness (QED) is 0.824. The highest BCUT2D eigenvalue weighted by Crippen LogP contribution is 2.09. The second-order valence-corrected chi connectivity index (χ2v) is 4.34. The molecule has 0 aliphatic heterocycles. The van der Waals surface area contributed by atoms with E-state index in [4.69, 9.17) is 10.5 Å². The third kappa shape index (κ3) is 3.67. The Kier molecular flexibility index (Phi) is 4.68. The number of nitrogens with one attached hydrogen (secondary N) is 1. The molecule has 0 aliphatic rings. The zero-order chi connectivity index (χ0) is 15.2. The molecule has 3 N–H and O–H groups in total. The molecule has 2 amide bonds. The Morgan fingerprint density at radius 2 is 2.14 bits per heavy atom. The van der Waals surface area contributed by atoms with Crippen molar-refractivity contribution in [2.45, 2.75) is 6.54 Å². The molecule has 0 bridgehead atoms. The summed E-state index contributed by atoms with van der Waals surface area (Å²) in [5.74, 6) is -0.518. The number of anilines is 1. The molecule has 21 heavy (non-hydrogen) atoms. The number of carbonyl (C=O) groups excluding carboxylic acids is 2. The number of benzene rings is 1. The maximum Gasteiger partial charge on any atom is 0.257 e. The molecule has 0 radical (unpaired) electrons. The fourth-order valence-electron chi connectivity index (χ4n) is 1.79. The highest BCUT2D eigenvalue weighted by atomic mass is 16.5. The minimum Gasteiger partial charge on any atom is -0.383 e. The first-order chi connectivity index (χ1) is 10.1. The molecule has 7 heteroatoms. The SMILES string of the molecule is COCCn1ccnc1NC(=O)c1cccc(C(N)=O)c1. The van der Waals surface area contributed by atoms with Crippen molar-refractivity contribution in [3.8, 4) is 0 Å². The van der Waals surface area contributed by atoms with Gasteiger partial charge in [0.2, 0.25) is 11.9 Å². The Labute approximate surface area is 121 Å². The summed E-state index contributed by atoms with van der Waals surface area (Å²) in [6.45, 7) is 1.09. The van der Waals surface area contributed by atoms with Crippen LogP contribution >= 0.6 is 0 Å². The standard InChI is InChI=1S/C14H16N4O3/c1-21-8-7-18-6-5-16-14(18)17-13(20)11-4-2-3-10(9-11)12(15)19/h2-6,9H,7-8H2,1H3,(H2,15,19)(H,16,17,20). The monoisotopic (exact) mass is 288 g/mol. The van der Waals surface area contributed by atoms with Crippen molar-refractivity contribution in [1.82, 2.24) is 9.55 Å². The number of methoxy groups -OCH3 is 1. The molecular weight excluding hydrogens is 272 g/mol. The van der Waals surface area contributed by atoms with Gasteiger partial charge in [0.25, 0.3) is 5.91 Å². The topological polar surface area (TPSA) is 99.2 Å². The molecule has 1 aromatic carbocycles. The number of rotatable bonds is 6. The van der Waals surface area contributed by atoms with Crippen LogP contribution in [-0.4, -0.2) is 35.1 Å². The highest BCUT2D eigenvalue weighted by Gasteiger charge is 2.11. The number of carbonyl (C=O) groups is 2. The van der Waals surface area contributed by atoms with Gasteiger partial charge in [-0.15, -0.1) is 0 Å². The van der Waals surface area contributed by atoms with Crippen LogP contribution in [0.4, 0.5) is 5.95 Å². The second-order valence-electron chi connectivity index (χ2n) is 4.34. The van der Waals surface area contributed by atoms with Gasteiger partial charge < -0.3 is 15.0 Å². The molecule has 0 atom stereocenters. The molecule has 2 aromatic rings. The molecule has 1 aromatic heterocycles. The molecule has 110 valence electrons. The molecule has 2 rings (SSSR count). The van der Waals surface area contributed by atoms with E-state index >= 15 is 0 Å². The van der Waals surface area contributed by atoms with E-state index in [1.807, 2.05) is 0 Å². The van der Waals surface area contributed by atoms with Gasteiger partial charge in [0.15, 0.2) is 0 Å². The van der Waals surface area contributed by atoms with Crippen LogP contribution in [0.3, 0.4) is 0 Å². The first kappa shape index (κ1) is 14.7. The van der Waals surface area contributed by atoms with Crippen molar-refractivity contribution in [1.29, 1.82) is 0 Å². The zero-order valence-corrected chi connectivity index (χ0v) is 11.6. The number of imidazole rings is 1. The fraction of sp³-hybridized carbons (Fsp3) is 0.214. The number of ether oxygens (including phenoxy) is 1. The molecule has 7 nitrogen and oxygen atoms in total. The number of hydrogen-bond donors (Lipinski definition) is 2. The number of amides is 2. The third-order valence-electron chi connectivity index (χ3n) is 2.89. The van der Waals surface area contributed by atoms with E-state index < -0.39 is 5.91 Å². The van der Waals surface area contributed by atoms with Crippen molar-refractivity contribution in [3.63, 3.8) is 0 Å². The maximum absolute atomic E-state index is 12.2. The lowest BCUT2D eigenvalue weighted by atomic mass is 10.1. The summed E-state index contributed by atoms with van der Waals surface area (Å²) in [4.78, 5) is 27.4. The van der Waals surface area contributed by atoms with Gasteiger partial charge in [-0.25, -0.2) is 4.98 Å². The number of primary amides is 1. The van der Waals surface area contributed by atoms with E-state index in [-0.39, 0.29) is 11.5 Å². The van der Waals surface area contributed by atoms with E-state index in [0.29, 0.717) is 24.7 Å². The predicted octanol–water partition coefficient (Wildman–Crippen LogP) is 0.881. The van der Waals surface area contributed by atoms with Crippen LogP contribution in [0.2, 0.25) is 0 Å². The van der Waals surface area contributed by atoms with Gasteiger partial charge in [0, 0.05) is 37.2 Å². The molecule has 0 saturated heterocycles. The molecule has 0 aliphatic carbocycles. The molecule has 0 spiro atoms. The van der Waals surface area contributed by atoms with Gasteiger partial charge >= 0.3 is 0 Å². The summed E-state index contributed by atoms with van der Waals surface area (Å²) < 4.78 is 6.75. The van der Waals surface area contributed by atoms with E-state index in [1.165, 1.54) is 6.07 Å². The first-order valence-electron chi connectivity index (χ1n) is 6.33. The van der Waals surface area contributed by atoms with Crippen LogP contribution < -0.4 is 11.1 Å². The van der Waals surface area contributed by atoms with Crippen LogP contribution in [-0.2, 0) is 11.3 Å². The van der Waals surface area contributed by atoms with Gasteiger partial charge in [-0.3, -0.25) is 14.9 Å². The number of nitrogens with zero attached hydrogens (tertiary/aromatic N) is 2. The van der Waals surface area contributed by atoms with Crippen molar-refractivity contribution in [2.75, 3.05) is 19.0 Å². The lowest BCUT2D eigenvalue weighted by Gasteiger charge is -2.08. The van der Waals surface area contributed by atoms with E-state index in [0.717, 1.165) is 0 Å². The van der Waals surface area contributed by atoms with E-state index in [2.05, 4.69) is 10.3 Å². The Hall–Kier alpha value is -2.67. The van der Waals surface area contributed by atoms with Gasteiger partial charge in [-0.05, 0) is 18.2 Å². The third-order valence-corrected chi connectivity index (χ3v) is 2.89. The van der Waals surface area contributed by atoms with Gasteiger partial charge in [0.05, 0.1) is 6.61 Å². The van der Waals surface area contributed by atoms with Crippen molar-refractivity contribution >= 4 is 17.8 Å². The minimum atomic E-state index is -0.578. The lowest BCUT2D eigenvalue weighted by molar-refractivity contribution is 0.1000. The fourth-order valence-corrected chi connectivity index (χ4v) is 1.79. The van der Waals surface area contributed by atoms with Crippen molar-refractivity contribution < 1.29 is 14.3 Å². The predicted molar refractivity (Wildman–Crippen MR) is 77.0 cm³/mol. The maximum atomic E-state index is 12.2. The van der Waals surface area contributed by atoms with Gasteiger partial charge in [0.1, 0.15) is 0 Å². The summed E-state index contributed by atoms with van der Waals surface area (Å²) in [5, 5.41) is 2.69. The Morgan fingerprint density at radius 1 is 1.38 bits per heavy atom. The summed E-state index contributed by atoms with van der Waals surface area (Å²) in [7, 11) is 1.60. The van der Waals surface area contributed by atoms with Crippen LogP contribution in [0.1, 0.15) is 20.7 Å². The Morgan fingerprint density at radius 3 is 2.86 bits per heavy atom. The van der Waals surface area contributed by atoms with Crippen molar-refractivity contribution in [2.24, 2.45) is 5.73 Å². The Bertz CT molecular complexity index is 651. The molecular formula is C14H16N4O3. The Balaban J connectivity index is 2.13. The van der Waals surface area contributed by atoms with E-state index in [9.17, 15) is 9.59 Å². The largest absolute Gasteiger partial charge is 0.383 e. The van der Waals surface area contributed by atoms with Crippen LogP contribution in [0.15, 0.2) is 36.7 Å². The minimum absolute atomic E-state index is 0.283. The molecule has 0 saturated carbocycles. The van der Waals surface area contributed by atoms with Crippen LogP contribution in [0, 0.1) is 0 Å². The zero-order valence-electron chi connectivity index (χ0n) is 11.6. The second kappa shape index (κ2) is 6.67. The van der Waals surface area contributed by atoms with Crippen LogP contribution in [0.25, 0.3) is 0 Å². The number of aromatic nitrogens is 2. The van der Waals surface area contributed by atoms with Crippen molar-refractivity contribution in [3.05, 3.63) is 47.8 Å². The summed E-state index contributed by atoms with van der Waals surface area (Å²) in [6, 6.07) is 6.20. The number of nitrogens with two attached hydrogens (primary N) is 1. The molecule has 0 unspecified atom stereocenters. The van der Waals surface area contributed by atoms with Gasteiger partial charge in [-0.2, -0.15) is 0 Å². The molecule has 1 heterocycles. The normalized spacial score (nSPS) is 10.3.